The number of aryl methyl sites for hydroxylation is 1. The van der Waals surface area contributed by atoms with Crippen molar-refractivity contribution in [1.82, 2.24) is 0 Å². The standard InChI is InChI=1S/C12H19BrN2/c1-9-4-5-10(8-11(9)13)15-12(2,3)6-7-14/h4-5,8,15H,6-7,14H2,1-3H3. The second kappa shape index (κ2) is 4.99. The van der Waals surface area contributed by atoms with Crippen LogP contribution in [0.15, 0.2) is 22.7 Å². The number of nitrogens with one attached hydrogen (secondary N) is 1. The lowest BCUT2D eigenvalue weighted by Crippen LogP contribution is -2.33. The van der Waals surface area contributed by atoms with Gasteiger partial charge in [0, 0.05) is 15.7 Å². The Hall–Kier alpha value is -0.540. The molecular weight excluding hydrogens is 252 g/mol. The highest BCUT2D eigenvalue weighted by Gasteiger charge is 2.15. The normalized spacial score (nSPS) is 11.5. The first kappa shape index (κ1) is 12.5. The van der Waals surface area contributed by atoms with Gasteiger partial charge in [0.25, 0.3) is 0 Å². The van der Waals surface area contributed by atoms with Crippen molar-refractivity contribution in [3.63, 3.8) is 0 Å². The molecule has 0 aliphatic heterocycles. The molecule has 1 rings (SSSR count). The van der Waals surface area contributed by atoms with Crippen molar-refractivity contribution >= 4 is 21.6 Å². The maximum absolute atomic E-state index is 5.57. The number of hydrogen-bond donors (Lipinski definition) is 2. The second-order valence-corrected chi connectivity index (χ2v) is 5.37. The Labute approximate surface area is 100 Å². The summed E-state index contributed by atoms with van der Waals surface area (Å²) in [4.78, 5) is 0. The van der Waals surface area contributed by atoms with E-state index in [4.69, 9.17) is 5.73 Å². The first-order valence-corrected chi connectivity index (χ1v) is 5.98. The predicted molar refractivity (Wildman–Crippen MR) is 70.3 cm³/mol. The Morgan fingerprint density at radius 2 is 2.07 bits per heavy atom. The molecule has 0 heterocycles. The van der Waals surface area contributed by atoms with Crippen LogP contribution in [0.1, 0.15) is 25.8 Å². The first-order chi connectivity index (χ1) is 6.94. The van der Waals surface area contributed by atoms with Gasteiger partial charge in [-0.1, -0.05) is 22.0 Å². The van der Waals surface area contributed by atoms with Gasteiger partial charge in [-0.2, -0.15) is 0 Å². The number of rotatable bonds is 4. The van der Waals surface area contributed by atoms with Crippen LogP contribution in [0.2, 0.25) is 0 Å². The highest BCUT2D eigenvalue weighted by Crippen LogP contribution is 2.23. The van der Waals surface area contributed by atoms with Crippen molar-refractivity contribution in [1.29, 1.82) is 0 Å². The minimum absolute atomic E-state index is 0.0451. The SMILES string of the molecule is Cc1ccc(NC(C)(C)CCN)cc1Br. The van der Waals surface area contributed by atoms with Gasteiger partial charge in [0.05, 0.1) is 0 Å². The predicted octanol–water partition coefficient (Wildman–Crippen LogP) is 3.30. The molecule has 0 amide bonds. The molecule has 0 saturated carbocycles. The fourth-order valence-corrected chi connectivity index (χ4v) is 1.86. The molecule has 3 heteroatoms. The van der Waals surface area contributed by atoms with E-state index in [0.717, 1.165) is 16.6 Å². The van der Waals surface area contributed by atoms with Crippen LogP contribution in [0, 0.1) is 6.92 Å². The van der Waals surface area contributed by atoms with Crippen molar-refractivity contribution in [3.8, 4) is 0 Å². The van der Waals surface area contributed by atoms with Crippen molar-refractivity contribution in [3.05, 3.63) is 28.2 Å². The van der Waals surface area contributed by atoms with Crippen LogP contribution in [0.4, 0.5) is 5.69 Å². The minimum Gasteiger partial charge on any atom is -0.380 e. The third-order valence-corrected chi connectivity index (χ3v) is 3.28. The molecule has 0 aromatic heterocycles. The van der Waals surface area contributed by atoms with E-state index in [1.807, 2.05) is 0 Å². The van der Waals surface area contributed by atoms with Gasteiger partial charge in [-0.05, 0) is 51.4 Å². The molecule has 1 aromatic rings. The van der Waals surface area contributed by atoms with Crippen LogP contribution < -0.4 is 11.1 Å². The Morgan fingerprint density at radius 3 is 2.60 bits per heavy atom. The maximum atomic E-state index is 5.57. The lowest BCUT2D eigenvalue weighted by atomic mass is 10.0. The molecule has 0 unspecified atom stereocenters. The molecule has 1 aromatic carbocycles. The van der Waals surface area contributed by atoms with Gasteiger partial charge in [0.15, 0.2) is 0 Å². The zero-order chi connectivity index (χ0) is 11.5. The molecule has 0 fully saturated rings. The summed E-state index contributed by atoms with van der Waals surface area (Å²) in [6, 6.07) is 6.30. The van der Waals surface area contributed by atoms with Gasteiger partial charge in [0.2, 0.25) is 0 Å². The summed E-state index contributed by atoms with van der Waals surface area (Å²) in [5.41, 5.74) is 8.00. The Morgan fingerprint density at radius 1 is 1.40 bits per heavy atom. The van der Waals surface area contributed by atoms with Crippen LogP contribution in [0.25, 0.3) is 0 Å². The molecule has 0 saturated heterocycles. The monoisotopic (exact) mass is 270 g/mol. The summed E-state index contributed by atoms with van der Waals surface area (Å²) in [6.07, 6.45) is 0.957. The zero-order valence-electron chi connectivity index (χ0n) is 9.60. The van der Waals surface area contributed by atoms with E-state index in [-0.39, 0.29) is 5.54 Å². The summed E-state index contributed by atoms with van der Waals surface area (Å²) in [7, 11) is 0. The van der Waals surface area contributed by atoms with Crippen LogP contribution in [-0.4, -0.2) is 12.1 Å². The van der Waals surface area contributed by atoms with Gasteiger partial charge < -0.3 is 11.1 Å². The summed E-state index contributed by atoms with van der Waals surface area (Å²) < 4.78 is 1.14. The van der Waals surface area contributed by atoms with Crippen LogP contribution in [0.5, 0.6) is 0 Å². The highest BCUT2D eigenvalue weighted by atomic mass is 79.9. The Bertz CT molecular complexity index is 334. The number of benzene rings is 1. The highest BCUT2D eigenvalue weighted by molar-refractivity contribution is 9.10. The van der Waals surface area contributed by atoms with E-state index in [1.54, 1.807) is 0 Å². The average Bonchev–Trinajstić information content (AvgIpc) is 2.10. The maximum Gasteiger partial charge on any atom is 0.0355 e. The quantitative estimate of drug-likeness (QED) is 0.881. The molecule has 3 N–H and O–H groups in total. The lowest BCUT2D eigenvalue weighted by Gasteiger charge is -2.27. The average molecular weight is 271 g/mol. The fraction of sp³-hybridized carbons (Fsp3) is 0.500. The number of anilines is 1. The van der Waals surface area contributed by atoms with Crippen molar-refractivity contribution < 1.29 is 0 Å². The number of halogens is 1. The lowest BCUT2D eigenvalue weighted by molar-refractivity contribution is 0.526. The first-order valence-electron chi connectivity index (χ1n) is 5.19. The summed E-state index contributed by atoms with van der Waals surface area (Å²) in [5, 5.41) is 3.48. The minimum atomic E-state index is 0.0451. The topological polar surface area (TPSA) is 38.0 Å². The van der Waals surface area contributed by atoms with Crippen molar-refractivity contribution in [2.24, 2.45) is 5.73 Å². The molecule has 84 valence electrons. The Kier molecular flexibility index (Phi) is 4.17. The summed E-state index contributed by atoms with van der Waals surface area (Å²) in [6.45, 7) is 7.10. The summed E-state index contributed by atoms with van der Waals surface area (Å²) >= 11 is 3.53. The van der Waals surface area contributed by atoms with E-state index in [1.165, 1.54) is 5.56 Å². The molecule has 0 aliphatic carbocycles. The van der Waals surface area contributed by atoms with Crippen molar-refractivity contribution in [2.45, 2.75) is 32.7 Å². The van der Waals surface area contributed by atoms with Gasteiger partial charge in [-0.25, -0.2) is 0 Å². The molecule has 0 radical (unpaired) electrons. The smallest absolute Gasteiger partial charge is 0.0355 e. The molecule has 0 spiro atoms. The van der Waals surface area contributed by atoms with E-state index < -0.39 is 0 Å². The molecule has 15 heavy (non-hydrogen) atoms. The van der Waals surface area contributed by atoms with Gasteiger partial charge in [-0.15, -0.1) is 0 Å². The van der Waals surface area contributed by atoms with Gasteiger partial charge >= 0.3 is 0 Å². The largest absolute Gasteiger partial charge is 0.380 e. The zero-order valence-corrected chi connectivity index (χ0v) is 11.2. The van der Waals surface area contributed by atoms with E-state index >= 15 is 0 Å². The molecule has 0 atom stereocenters. The van der Waals surface area contributed by atoms with Crippen molar-refractivity contribution in [2.75, 3.05) is 11.9 Å². The third-order valence-electron chi connectivity index (χ3n) is 2.42. The van der Waals surface area contributed by atoms with Crippen LogP contribution in [-0.2, 0) is 0 Å². The fourth-order valence-electron chi connectivity index (χ4n) is 1.48. The second-order valence-electron chi connectivity index (χ2n) is 4.51. The van der Waals surface area contributed by atoms with E-state index in [0.29, 0.717) is 6.54 Å². The summed E-state index contributed by atoms with van der Waals surface area (Å²) in [5.74, 6) is 0. The molecular formula is C12H19BrN2. The molecule has 0 bridgehead atoms. The van der Waals surface area contributed by atoms with E-state index in [2.05, 4.69) is 60.2 Å². The molecule has 2 nitrogen and oxygen atoms in total. The molecule has 0 aliphatic rings. The van der Waals surface area contributed by atoms with Gasteiger partial charge in [0.1, 0.15) is 0 Å². The van der Waals surface area contributed by atoms with Crippen LogP contribution in [0.3, 0.4) is 0 Å². The third kappa shape index (κ3) is 3.84. The van der Waals surface area contributed by atoms with Gasteiger partial charge in [-0.3, -0.25) is 0 Å². The Balaban J connectivity index is 2.76. The van der Waals surface area contributed by atoms with E-state index in [9.17, 15) is 0 Å². The number of nitrogens with two attached hydrogens (primary N) is 1. The number of hydrogen-bond acceptors (Lipinski definition) is 2. The van der Waals surface area contributed by atoms with Crippen LogP contribution >= 0.6 is 15.9 Å².